The fraction of sp³-hybridized carbons (Fsp3) is 0.158. The van der Waals surface area contributed by atoms with E-state index in [1.165, 1.54) is 19.1 Å². The molecule has 122 valence electrons. The number of phenolic OH excluding ortho intramolecular Hbond substituents is 1. The third kappa shape index (κ3) is 3.46. The van der Waals surface area contributed by atoms with Crippen molar-refractivity contribution in [2.24, 2.45) is 0 Å². The lowest BCUT2D eigenvalue weighted by atomic mass is 9.97. The van der Waals surface area contributed by atoms with Crippen LogP contribution in [0.3, 0.4) is 0 Å². The Labute approximate surface area is 139 Å². The van der Waals surface area contributed by atoms with E-state index in [4.69, 9.17) is 0 Å². The van der Waals surface area contributed by atoms with Crippen molar-refractivity contribution in [3.63, 3.8) is 0 Å². The average Bonchev–Trinajstić information content (AvgIpc) is 3.06. The molecule has 3 N–H and O–H groups in total. The Balaban J connectivity index is 1.69. The van der Waals surface area contributed by atoms with Gasteiger partial charge in [0.25, 0.3) is 5.91 Å². The van der Waals surface area contributed by atoms with Gasteiger partial charge in [-0.1, -0.05) is 6.08 Å². The van der Waals surface area contributed by atoms with E-state index in [2.05, 4.69) is 10.3 Å². The van der Waals surface area contributed by atoms with E-state index in [0.717, 1.165) is 29.7 Å². The van der Waals surface area contributed by atoms with Gasteiger partial charge in [-0.2, -0.15) is 0 Å². The second-order valence-corrected chi connectivity index (χ2v) is 5.74. The maximum atomic E-state index is 12.2. The van der Waals surface area contributed by atoms with Gasteiger partial charge in [0.15, 0.2) is 5.78 Å². The number of benzene rings is 1. The van der Waals surface area contributed by atoms with Gasteiger partial charge in [-0.3, -0.25) is 9.59 Å². The van der Waals surface area contributed by atoms with Crippen molar-refractivity contribution in [1.82, 2.24) is 10.3 Å². The van der Waals surface area contributed by atoms with Crippen LogP contribution in [-0.4, -0.2) is 21.8 Å². The molecule has 0 saturated heterocycles. The van der Waals surface area contributed by atoms with Crippen molar-refractivity contribution in [2.75, 3.05) is 0 Å². The molecule has 5 heteroatoms. The number of phenols is 1. The summed E-state index contributed by atoms with van der Waals surface area (Å²) in [6, 6.07) is 7.99. The number of aromatic amines is 1. The number of ketones is 1. The molecule has 24 heavy (non-hydrogen) atoms. The Morgan fingerprint density at radius 1 is 1.12 bits per heavy atom. The lowest BCUT2D eigenvalue weighted by molar-refractivity contribution is 0.0963. The SMILES string of the molecule is CC(=O)c1cc(C2=CC=C(NC(=O)c3ccc(O)cc3)CC2)c[nH]1. The van der Waals surface area contributed by atoms with Crippen LogP contribution in [0.4, 0.5) is 0 Å². The van der Waals surface area contributed by atoms with Gasteiger partial charge in [0.05, 0.1) is 5.69 Å². The van der Waals surface area contributed by atoms with Crippen LogP contribution in [0.2, 0.25) is 0 Å². The fourth-order valence-corrected chi connectivity index (χ4v) is 2.60. The molecule has 0 spiro atoms. The minimum Gasteiger partial charge on any atom is -0.508 e. The van der Waals surface area contributed by atoms with E-state index < -0.39 is 0 Å². The van der Waals surface area contributed by atoms with Gasteiger partial charge in [-0.15, -0.1) is 0 Å². The first-order valence-electron chi connectivity index (χ1n) is 7.73. The van der Waals surface area contributed by atoms with E-state index in [-0.39, 0.29) is 17.4 Å². The number of aromatic hydroxyl groups is 1. The molecule has 0 fully saturated rings. The Hall–Kier alpha value is -3.08. The van der Waals surface area contributed by atoms with Crippen LogP contribution in [0.25, 0.3) is 5.57 Å². The number of amides is 1. The van der Waals surface area contributed by atoms with Crippen LogP contribution in [0.15, 0.2) is 54.4 Å². The lowest BCUT2D eigenvalue weighted by Crippen LogP contribution is -2.23. The molecule has 1 aliphatic rings. The van der Waals surface area contributed by atoms with E-state index in [1.807, 2.05) is 24.4 Å². The molecular formula is C19H18N2O3. The van der Waals surface area contributed by atoms with Gasteiger partial charge in [0.2, 0.25) is 0 Å². The summed E-state index contributed by atoms with van der Waals surface area (Å²) in [6.45, 7) is 1.53. The molecule has 5 nitrogen and oxygen atoms in total. The Bertz CT molecular complexity index is 842. The van der Waals surface area contributed by atoms with Gasteiger partial charge in [0, 0.05) is 24.4 Å². The monoisotopic (exact) mass is 322 g/mol. The molecule has 0 aliphatic heterocycles. The number of carbonyl (C=O) groups excluding carboxylic acids is 2. The molecule has 1 amide bonds. The first-order chi connectivity index (χ1) is 11.5. The zero-order valence-electron chi connectivity index (χ0n) is 13.3. The second-order valence-electron chi connectivity index (χ2n) is 5.74. The molecule has 1 aromatic carbocycles. The normalized spacial score (nSPS) is 13.9. The highest BCUT2D eigenvalue weighted by atomic mass is 16.3. The van der Waals surface area contributed by atoms with Gasteiger partial charge in [-0.05, 0) is 60.4 Å². The van der Waals surface area contributed by atoms with Gasteiger partial charge in [0.1, 0.15) is 5.75 Å². The van der Waals surface area contributed by atoms with Crippen molar-refractivity contribution < 1.29 is 14.7 Å². The summed E-state index contributed by atoms with van der Waals surface area (Å²) < 4.78 is 0. The minimum absolute atomic E-state index is 0.00931. The molecule has 0 radical (unpaired) electrons. The van der Waals surface area contributed by atoms with Gasteiger partial charge >= 0.3 is 0 Å². The van der Waals surface area contributed by atoms with E-state index in [9.17, 15) is 14.7 Å². The number of hydrogen-bond donors (Lipinski definition) is 3. The highest BCUT2D eigenvalue weighted by molar-refractivity contribution is 5.95. The van der Waals surface area contributed by atoms with Crippen LogP contribution in [0.1, 0.15) is 46.2 Å². The van der Waals surface area contributed by atoms with Crippen molar-refractivity contribution in [3.8, 4) is 5.75 Å². The number of aromatic nitrogens is 1. The molecule has 0 saturated carbocycles. The zero-order valence-corrected chi connectivity index (χ0v) is 13.3. The van der Waals surface area contributed by atoms with E-state index in [1.54, 1.807) is 12.1 Å². The molecule has 1 heterocycles. The van der Waals surface area contributed by atoms with Crippen LogP contribution >= 0.6 is 0 Å². The Kier molecular flexibility index (Phi) is 4.33. The summed E-state index contributed by atoms with van der Waals surface area (Å²) in [5, 5.41) is 12.1. The number of hydrogen-bond acceptors (Lipinski definition) is 3. The number of allylic oxidation sites excluding steroid dienone is 4. The highest BCUT2D eigenvalue weighted by Gasteiger charge is 2.13. The lowest BCUT2D eigenvalue weighted by Gasteiger charge is -2.15. The maximum absolute atomic E-state index is 12.2. The quantitative estimate of drug-likeness (QED) is 0.754. The number of H-pyrrole nitrogens is 1. The molecule has 2 aromatic rings. The summed E-state index contributed by atoms with van der Waals surface area (Å²) in [5.74, 6) is -0.0545. The summed E-state index contributed by atoms with van der Waals surface area (Å²) in [6.07, 6.45) is 7.18. The van der Waals surface area contributed by atoms with Crippen LogP contribution in [0, 0.1) is 0 Å². The molecule has 3 rings (SSSR count). The van der Waals surface area contributed by atoms with Crippen LogP contribution < -0.4 is 5.32 Å². The molecule has 0 atom stereocenters. The van der Waals surface area contributed by atoms with Crippen LogP contribution in [0.5, 0.6) is 5.75 Å². The summed E-state index contributed by atoms with van der Waals surface area (Å²) >= 11 is 0. The number of carbonyl (C=O) groups is 2. The zero-order chi connectivity index (χ0) is 17.1. The summed E-state index contributed by atoms with van der Waals surface area (Å²) in [7, 11) is 0. The second kappa shape index (κ2) is 6.58. The average molecular weight is 322 g/mol. The predicted molar refractivity (Wildman–Crippen MR) is 91.7 cm³/mol. The third-order valence-electron chi connectivity index (χ3n) is 3.99. The van der Waals surface area contributed by atoms with Gasteiger partial charge < -0.3 is 15.4 Å². The topological polar surface area (TPSA) is 82.2 Å². The molecule has 1 aromatic heterocycles. The molecular weight excluding hydrogens is 304 g/mol. The summed E-state index contributed by atoms with van der Waals surface area (Å²) in [4.78, 5) is 26.5. The standard InChI is InChI=1S/C19H18N2O3/c1-12(22)18-10-15(11-20-18)13-2-6-16(7-3-13)21-19(24)14-4-8-17(23)9-5-14/h2,4-6,8-11,20,23H,3,7H2,1H3,(H,21,24). The van der Waals surface area contributed by atoms with Crippen molar-refractivity contribution in [3.05, 3.63) is 71.2 Å². The molecule has 0 unspecified atom stereocenters. The number of Topliss-reactive ketones (excluding diaryl/α,β-unsaturated/α-hetero) is 1. The van der Waals surface area contributed by atoms with Crippen molar-refractivity contribution in [2.45, 2.75) is 19.8 Å². The van der Waals surface area contributed by atoms with Gasteiger partial charge in [-0.25, -0.2) is 0 Å². The van der Waals surface area contributed by atoms with E-state index in [0.29, 0.717) is 11.3 Å². The smallest absolute Gasteiger partial charge is 0.255 e. The third-order valence-corrected chi connectivity index (χ3v) is 3.99. The predicted octanol–water partition coefficient (Wildman–Crippen LogP) is 3.41. The first-order valence-corrected chi connectivity index (χ1v) is 7.73. The van der Waals surface area contributed by atoms with E-state index >= 15 is 0 Å². The Morgan fingerprint density at radius 3 is 2.46 bits per heavy atom. The summed E-state index contributed by atoms with van der Waals surface area (Å²) in [5.41, 5.74) is 4.07. The highest BCUT2D eigenvalue weighted by Crippen LogP contribution is 2.26. The Morgan fingerprint density at radius 2 is 1.88 bits per heavy atom. The molecule has 0 bridgehead atoms. The first kappa shape index (κ1) is 15.8. The number of nitrogens with one attached hydrogen (secondary N) is 2. The minimum atomic E-state index is -0.196. The number of rotatable bonds is 4. The van der Waals surface area contributed by atoms with Crippen molar-refractivity contribution >= 4 is 17.3 Å². The van der Waals surface area contributed by atoms with Crippen molar-refractivity contribution in [1.29, 1.82) is 0 Å². The fourth-order valence-electron chi connectivity index (χ4n) is 2.60. The molecule has 1 aliphatic carbocycles. The van der Waals surface area contributed by atoms with Crippen LogP contribution in [-0.2, 0) is 0 Å². The largest absolute Gasteiger partial charge is 0.508 e. The maximum Gasteiger partial charge on any atom is 0.255 e.